The molecule has 1 amide bonds. The van der Waals surface area contributed by atoms with Crippen LogP contribution >= 0.6 is 0 Å². The molecule has 0 aliphatic carbocycles. The van der Waals surface area contributed by atoms with Gasteiger partial charge in [-0.2, -0.15) is 0 Å². The molecule has 0 fully saturated rings. The van der Waals surface area contributed by atoms with Gasteiger partial charge in [0.25, 0.3) is 0 Å². The van der Waals surface area contributed by atoms with Gasteiger partial charge in [0.15, 0.2) is 0 Å². The van der Waals surface area contributed by atoms with Crippen LogP contribution in [0, 0.1) is 6.92 Å². The summed E-state index contributed by atoms with van der Waals surface area (Å²) in [6, 6.07) is 14.3. The number of amides is 1. The molecule has 1 aliphatic heterocycles. The third-order valence-electron chi connectivity index (χ3n) is 5.53. The highest BCUT2D eigenvalue weighted by Crippen LogP contribution is 2.31. The maximum atomic E-state index is 13.2. The number of rotatable bonds is 3. The van der Waals surface area contributed by atoms with E-state index >= 15 is 0 Å². The molecule has 0 spiro atoms. The van der Waals surface area contributed by atoms with E-state index in [4.69, 9.17) is 0 Å². The zero-order valence-electron chi connectivity index (χ0n) is 15.7. The van der Waals surface area contributed by atoms with Crippen molar-refractivity contribution in [1.29, 1.82) is 0 Å². The van der Waals surface area contributed by atoms with Crippen molar-refractivity contribution in [2.24, 2.45) is 0 Å². The van der Waals surface area contributed by atoms with Crippen LogP contribution < -0.4 is 0 Å². The predicted octanol–water partition coefficient (Wildman–Crippen LogP) is 3.08. The van der Waals surface area contributed by atoms with Crippen molar-refractivity contribution in [3.05, 3.63) is 89.4 Å². The Labute approximate surface area is 162 Å². The summed E-state index contributed by atoms with van der Waals surface area (Å²) in [5.74, 6) is 0.189. The van der Waals surface area contributed by atoms with Gasteiger partial charge in [0, 0.05) is 24.9 Å². The van der Waals surface area contributed by atoms with E-state index in [-0.39, 0.29) is 11.8 Å². The summed E-state index contributed by atoms with van der Waals surface area (Å²) in [6.45, 7) is 3.23. The summed E-state index contributed by atoms with van der Waals surface area (Å²) in [7, 11) is 0. The van der Waals surface area contributed by atoms with Crippen LogP contribution in [0.25, 0.3) is 5.65 Å². The van der Waals surface area contributed by atoms with Crippen molar-refractivity contribution in [2.45, 2.75) is 25.8 Å². The number of nitrogens with zero attached hydrogens (tertiary/aromatic N) is 4. The maximum Gasteiger partial charge on any atom is 0.228 e. The topological polar surface area (TPSA) is 66.3 Å². The number of carbonyl (C=O) groups excluding carboxylic acids is 1. The Hall–Kier alpha value is -3.41. The van der Waals surface area contributed by atoms with Crippen LogP contribution in [-0.2, 0) is 17.8 Å². The number of pyridine rings is 1. The van der Waals surface area contributed by atoms with Gasteiger partial charge in [-0.1, -0.05) is 36.4 Å². The quantitative estimate of drug-likeness (QED) is 0.602. The molecule has 6 nitrogen and oxygen atoms in total. The lowest BCUT2D eigenvalue weighted by Gasteiger charge is -2.32. The minimum Gasteiger partial charge on any atom is -0.347 e. The van der Waals surface area contributed by atoms with E-state index in [1.54, 1.807) is 12.5 Å². The fourth-order valence-corrected chi connectivity index (χ4v) is 4.06. The number of H-pyrrole nitrogens is 1. The summed E-state index contributed by atoms with van der Waals surface area (Å²) in [4.78, 5) is 27.3. The zero-order chi connectivity index (χ0) is 19.1. The molecule has 0 bridgehead atoms. The SMILES string of the molecule is Cc1cccn2c(CC(=O)N3Cc4[nH]cnc4C(c4ccccc4)C3)cnc12. The number of benzene rings is 1. The lowest BCUT2D eigenvalue weighted by atomic mass is 9.91. The molecule has 3 aromatic heterocycles. The first kappa shape index (κ1) is 16.7. The van der Waals surface area contributed by atoms with Crippen molar-refractivity contribution in [3.63, 3.8) is 0 Å². The second kappa shape index (κ2) is 6.64. The average molecular weight is 371 g/mol. The second-order valence-corrected chi connectivity index (χ2v) is 7.31. The fraction of sp³-hybridized carbons (Fsp3) is 0.227. The van der Waals surface area contributed by atoms with Crippen LogP contribution in [0.3, 0.4) is 0 Å². The second-order valence-electron chi connectivity index (χ2n) is 7.31. The maximum absolute atomic E-state index is 13.2. The van der Waals surface area contributed by atoms with E-state index in [9.17, 15) is 4.79 Å². The molecule has 4 aromatic rings. The molecule has 0 saturated carbocycles. The summed E-state index contributed by atoms with van der Waals surface area (Å²) in [5.41, 5.74) is 6.16. The number of aromatic nitrogens is 4. The van der Waals surface area contributed by atoms with E-state index in [1.165, 1.54) is 5.56 Å². The van der Waals surface area contributed by atoms with Gasteiger partial charge in [0.1, 0.15) is 5.65 Å². The van der Waals surface area contributed by atoms with Gasteiger partial charge < -0.3 is 14.3 Å². The van der Waals surface area contributed by atoms with Crippen LogP contribution in [0.5, 0.6) is 0 Å². The summed E-state index contributed by atoms with van der Waals surface area (Å²) >= 11 is 0. The largest absolute Gasteiger partial charge is 0.347 e. The van der Waals surface area contributed by atoms with Gasteiger partial charge in [0.2, 0.25) is 5.91 Å². The van der Waals surface area contributed by atoms with Crippen molar-refractivity contribution >= 4 is 11.6 Å². The Bertz CT molecular complexity index is 1140. The molecule has 0 saturated heterocycles. The van der Waals surface area contributed by atoms with Crippen molar-refractivity contribution < 1.29 is 4.79 Å². The first-order valence-corrected chi connectivity index (χ1v) is 9.47. The molecule has 1 aliphatic rings. The van der Waals surface area contributed by atoms with Crippen LogP contribution in [0.4, 0.5) is 0 Å². The Morgan fingerprint density at radius 3 is 2.89 bits per heavy atom. The number of aromatic amines is 1. The number of nitrogens with one attached hydrogen (secondary N) is 1. The smallest absolute Gasteiger partial charge is 0.228 e. The third-order valence-corrected chi connectivity index (χ3v) is 5.53. The zero-order valence-corrected chi connectivity index (χ0v) is 15.7. The number of imidazole rings is 2. The summed E-state index contributed by atoms with van der Waals surface area (Å²) in [5, 5.41) is 0. The number of hydrogen-bond acceptors (Lipinski definition) is 3. The molecule has 1 atom stereocenters. The first-order valence-electron chi connectivity index (χ1n) is 9.47. The summed E-state index contributed by atoms with van der Waals surface area (Å²) < 4.78 is 2.01. The Morgan fingerprint density at radius 1 is 1.18 bits per heavy atom. The lowest BCUT2D eigenvalue weighted by molar-refractivity contribution is -0.131. The Kier molecular flexibility index (Phi) is 3.97. The molecule has 28 heavy (non-hydrogen) atoms. The molecule has 4 heterocycles. The van der Waals surface area contributed by atoms with Gasteiger partial charge in [-0.3, -0.25) is 4.79 Å². The van der Waals surface area contributed by atoms with Gasteiger partial charge in [-0.15, -0.1) is 0 Å². The first-order chi connectivity index (χ1) is 13.7. The minimum atomic E-state index is 0.0876. The number of hydrogen-bond donors (Lipinski definition) is 1. The molecule has 1 N–H and O–H groups in total. The van der Waals surface area contributed by atoms with Crippen LogP contribution in [0.2, 0.25) is 0 Å². The van der Waals surface area contributed by atoms with Crippen molar-refractivity contribution in [3.8, 4) is 0 Å². The monoisotopic (exact) mass is 371 g/mol. The summed E-state index contributed by atoms with van der Waals surface area (Å²) in [6.07, 6.45) is 5.83. The van der Waals surface area contributed by atoms with E-state index < -0.39 is 0 Å². The molecule has 140 valence electrons. The average Bonchev–Trinajstić information content (AvgIpc) is 3.36. The van der Waals surface area contributed by atoms with E-state index in [0.29, 0.717) is 19.5 Å². The Balaban J connectivity index is 1.43. The number of fused-ring (bicyclic) bond motifs is 2. The predicted molar refractivity (Wildman–Crippen MR) is 106 cm³/mol. The van der Waals surface area contributed by atoms with E-state index in [0.717, 1.165) is 28.3 Å². The van der Waals surface area contributed by atoms with Crippen LogP contribution in [-0.4, -0.2) is 36.7 Å². The van der Waals surface area contributed by atoms with Gasteiger partial charge >= 0.3 is 0 Å². The molecular weight excluding hydrogens is 350 g/mol. The normalized spacial score (nSPS) is 16.3. The van der Waals surface area contributed by atoms with Gasteiger partial charge in [-0.25, -0.2) is 9.97 Å². The highest BCUT2D eigenvalue weighted by atomic mass is 16.2. The third kappa shape index (κ3) is 2.78. The fourth-order valence-electron chi connectivity index (χ4n) is 4.06. The Morgan fingerprint density at radius 2 is 2.04 bits per heavy atom. The van der Waals surface area contributed by atoms with Gasteiger partial charge in [-0.05, 0) is 24.1 Å². The van der Waals surface area contributed by atoms with Crippen molar-refractivity contribution in [1.82, 2.24) is 24.3 Å². The van der Waals surface area contributed by atoms with Crippen LogP contribution in [0.15, 0.2) is 61.2 Å². The lowest BCUT2D eigenvalue weighted by Crippen LogP contribution is -2.39. The molecule has 6 heteroatoms. The van der Waals surface area contributed by atoms with Crippen molar-refractivity contribution in [2.75, 3.05) is 6.54 Å². The number of carbonyl (C=O) groups is 1. The van der Waals surface area contributed by atoms with E-state index in [1.807, 2.05) is 52.8 Å². The highest BCUT2D eigenvalue weighted by molar-refractivity contribution is 5.79. The minimum absolute atomic E-state index is 0.0876. The standard InChI is InChI=1S/C22H21N5O/c1-15-6-5-9-27-17(11-23-22(15)27)10-20(28)26-12-18(16-7-3-2-4-8-16)21-19(13-26)24-14-25-21/h2-9,11,14,18H,10,12-13H2,1H3,(H,24,25). The molecule has 5 rings (SSSR count). The highest BCUT2D eigenvalue weighted by Gasteiger charge is 2.31. The van der Waals surface area contributed by atoms with Gasteiger partial charge in [0.05, 0.1) is 36.4 Å². The molecule has 1 aromatic carbocycles. The molecular formula is C22H21N5O. The molecule has 1 unspecified atom stereocenters. The molecule has 0 radical (unpaired) electrons. The number of aryl methyl sites for hydroxylation is 1. The van der Waals surface area contributed by atoms with E-state index in [2.05, 4.69) is 27.1 Å². The van der Waals surface area contributed by atoms with Crippen LogP contribution in [0.1, 0.15) is 34.1 Å².